The predicted molar refractivity (Wildman–Crippen MR) is 76.8 cm³/mol. The third kappa shape index (κ3) is 3.04. The maximum Gasteiger partial charge on any atom is 0.329 e. The highest BCUT2D eigenvalue weighted by Crippen LogP contribution is 2.29. The minimum Gasteiger partial charge on any atom is -0.480 e. The van der Waals surface area contributed by atoms with Gasteiger partial charge in [0, 0.05) is 13.1 Å². The number of carboxylic acids is 1. The van der Waals surface area contributed by atoms with Crippen LogP contribution in [0.5, 0.6) is 0 Å². The van der Waals surface area contributed by atoms with E-state index in [2.05, 4.69) is 0 Å². The van der Waals surface area contributed by atoms with Crippen LogP contribution in [0.25, 0.3) is 0 Å². The van der Waals surface area contributed by atoms with Crippen LogP contribution in [0.2, 0.25) is 0 Å². The van der Waals surface area contributed by atoms with E-state index in [1.54, 1.807) is 24.2 Å². The molecular weight excluding hydrogens is 272 g/mol. The first-order chi connectivity index (χ1) is 9.99. The van der Waals surface area contributed by atoms with Gasteiger partial charge in [0.2, 0.25) is 0 Å². The molecular formula is C15H22N2O4. The van der Waals surface area contributed by atoms with E-state index in [4.69, 9.17) is 4.42 Å². The summed E-state index contributed by atoms with van der Waals surface area (Å²) in [5, 5.41) is 9.50. The maximum atomic E-state index is 12.7. The number of furan rings is 1. The van der Waals surface area contributed by atoms with Gasteiger partial charge in [-0.05, 0) is 45.2 Å². The Labute approximate surface area is 124 Å². The van der Waals surface area contributed by atoms with Crippen molar-refractivity contribution in [3.8, 4) is 0 Å². The lowest BCUT2D eigenvalue weighted by Gasteiger charge is -2.43. The molecule has 0 aliphatic carbocycles. The Bertz CT molecular complexity index is 500. The zero-order chi connectivity index (χ0) is 15.5. The Morgan fingerprint density at radius 2 is 2.24 bits per heavy atom. The lowest BCUT2D eigenvalue weighted by Crippen LogP contribution is -2.60. The second-order valence-corrected chi connectivity index (χ2v) is 5.56. The van der Waals surface area contributed by atoms with Crippen molar-refractivity contribution in [3.63, 3.8) is 0 Å². The van der Waals surface area contributed by atoms with Crippen LogP contribution in [0.4, 0.5) is 4.79 Å². The van der Waals surface area contributed by atoms with Crippen molar-refractivity contribution in [2.75, 3.05) is 13.1 Å². The summed E-state index contributed by atoms with van der Waals surface area (Å²) in [7, 11) is 0. The Kier molecular flexibility index (Phi) is 4.55. The summed E-state index contributed by atoms with van der Waals surface area (Å²) in [6.07, 6.45) is 3.73. The first-order valence-electron chi connectivity index (χ1n) is 7.31. The summed E-state index contributed by atoms with van der Waals surface area (Å²) in [6.45, 7) is 4.85. The number of carboxylic acid groups (broad SMARTS) is 1. The van der Waals surface area contributed by atoms with Crippen LogP contribution in [0.3, 0.4) is 0 Å². The highest BCUT2D eigenvalue weighted by molar-refractivity contribution is 5.86. The molecule has 1 fully saturated rings. The van der Waals surface area contributed by atoms with Crippen LogP contribution >= 0.6 is 0 Å². The number of hydrogen-bond donors (Lipinski definition) is 1. The number of rotatable bonds is 4. The molecule has 0 bridgehead atoms. The van der Waals surface area contributed by atoms with Crippen LogP contribution in [0, 0.1) is 0 Å². The summed E-state index contributed by atoms with van der Waals surface area (Å²) in [4.78, 5) is 27.4. The number of nitrogens with zero attached hydrogens (tertiary/aromatic N) is 2. The first kappa shape index (κ1) is 15.4. The number of carbonyl (C=O) groups is 2. The summed E-state index contributed by atoms with van der Waals surface area (Å²) in [6, 6.07) is 3.34. The quantitative estimate of drug-likeness (QED) is 0.926. The zero-order valence-electron chi connectivity index (χ0n) is 12.5. The van der Waals surface area contributed by atoms with E-state index in [1.165, 1.54) is 4.90 Å². The third-order valence-corrected chi connectivity index (χ3v) is 4.16. The number of hydrogen-bond acceptors (Lipinski definition) is 3. The standard InChI is InChI=1S/C15H22N2O4/c1-3-16(11-12-7-6-10-21-12)14(20)17-9-5-4-8-15(17,2)13(18)19/h6-7,10H,3-5,8-9,11H2,1-2H3,(H,18,19). The first-order valence-corrected chi connectivity index (χ1v) is 7.31. The summed E-state index contributed by atoms with van der Waals surface area (Å²) >= 11 is 0. The fourth-order valence-corrected chi connectivity index (χ4v) is 2.73. The van der Waals surface area contributed by atoms with E-state index in [1.807, 2.05) is 13.0 Å². The molecule has 1 N–H and O–H groups in total. The van der Waals surface area contributed by atoms with E-state index in [9.17, 15) is 14.7 Å². The number of aliphatic carboxylic acids is 1. The van der Waals surface area contributed by atoms with Gasteiger partial charge in [-0.25, -0.2) is 9.59 Å². The molecule has 2 rings (SSSR count). The third-order valence-electron chi connectivity index (χ3n) is 4.16. The van der Waals surface area contributed by atoms with Gasteiger partial charge in [0.15, 0.2) is 0 Å². The highest BCUT2D eigenvalue weighted by atomic mass is 16.4. The minimum absolute atomic E-state index is 0.237. The number of carbonyl (C=O) groups excluding carboxylic acids is 1. The fraction of sp³-hybridized carbons (Fsp3) is 0.600. The molecule has 6 heteroatoms. The van der Waals surface area contributed by atoms with Crippen molar-refractivity contribution in [1.29, 1.82) is 0 Å². The van der Waals surface area contributed by atoms with Crippen LogP contribution in [-0.4, -0.2) is 45.5 Å². The molecule has 6 nitrogen and oxygen atoms in total. The minimum atomic E-state index is -1.12. The van der Waals surface area contributed by atoms with E-state index in [-0.39, 0.29) is 6.03 Å². The molecule has 1 aliphatic heterocycles. The zero-order valence-corrected chi connectivity index (χ0v) is 12.5. The molecule has 2 amide bonds. The second kappa shape index (κ2) is 6.20. The van der Waals surface area contributed by atoms with Gasteiger partial charge < -0.3 is 19.3 Å². The fourth-order valence-electron chi connectivity index (χ4n) is 2.73. The van der Waals surface area contributed by atoms with Crippen molar-refractivity contribution < 1.29 is 19.1 Å². The number of piperidine rings is 1. The summed E-state index contributed by atoms with van der Waals surface area (Å²) in [5.41, 5.74) is -1.12. The molecule has 0 saturated carbocycles. The summed E-state index contributed by atoms with van der Waals surface area (Å²) in [5.74, 6) is -0.246. The van der Waals surface area contributed by atoms with Crippen molar-refractivity contribution in [3.05, 3.63) is 24.2 Å². The topological polar surface area (TPSA) is 74.0 Å². The van der Waals surface area contributed by atoms with E-state index in [0.29, 0.717) is 31.8 Å². The van der Waals surface area contributed by atoms with Gasteiger partial charge in [-0.3, -0.25) is 0 Å². The van der Waals surface area contributed by atoms with Gasteiger partial charge in [0.1, 0.15) is 11.3 Å². The van der Waals surface area contributed by atoms with Gasteiger partial charge in [-0.1, -0.05) is 0 Å². The van der Waals surface area contributed by atoms with E-state index >= 15 is 0 Å². The number of amides is 2. The lowest BCUT2D eigenvalue weighted by molar-refractivity contribution is -0.150. The highest BCUT2D eigenvalue weighted by Gasteiger charge is 2.45. The van der Waals surface area contributed by atoms with Crippen LogP contribution in [-0.2, 0) is 11.3 Å². The molecule has 0 aromatic carbocycles. The predicted octanol–water partition coefficient (Wildman–Crippen LogP) is 2.55. The van der Waals surface area contributed by atoms with E-state index in [0.717, 1.165) is 12.8 Å². The molecule has 1 saturated heterocycles. The average Bonchev–Trinajstić information content (AvgIpc) is 2.97. The number of urea groups is 1. The Balaban J connectivity index is 2.16. The molecule has 1 aromatic heterocycles. The summed E-state index contributed by atoms with van der Waals surface area (Å²) < 4.78 is 5.27. The average molecular weight is 294 g/mol. The van der Waals surface area contributed by atoms with Gasteiger partial charge in [-0.2, -0.15) is 0 Å². The Hall–Kier alpha value is -1.98. The molecule has 1 aromatic rings. The Morgan fingerprint density at radius 3 is 2.81 bits per heavy atom. The molecule has 1 atom stereocenters. The molecule has 21 heavy (non-hydrogen) atoms. The van der Waals surface area contributed by atoms with Crippen LogP contribution < -0.4 is 0 Å². The molecule has 2 heterocycles. The monoisotopic (exact) mass is 294 g/mol. The van der Waals surface area contributed by atoms with Gasteiger partial charge in [-0.15, -0.1) is 0 Å². The van der Waals surface area contributed by atoms with Crippen molar-refractivity contribution in [2.45, 2.75) is 45.2 Å². The van der Waals surface area contributed by atoms with Gasteiger partial charge in [0.25, 0.3) is 0 Å². The second-order valence-electron chi connectivity index (χ2n) is 5.56. The molecule has 1 aliphatic rings. The van der Waals surface area contributed by atoms with Crippen LogP contribution in [0.15, 0.2) is 22.8 Å². The smallest absolute Gasteiger partial charge is 0.329 e. The Morgan fingerprint density at radius 1 is 1.48 bits per heavy atom. The molecule has 0 spiro atoms. The van der Waals surface area contributed by atoms with Gasteiger partial charge in [0.05, 0.1) is 12.8 Å². The lowest BCUT2D eigenvalue weighted by atomic mass is 9.89. The van der Waals surface area contributed by atoms with Crippen molar-refractivity contribution >= 4 is 12.0 Å². The van der Waals surface area contributed by atoms with Crippen molar-refractivity contribution in [1.82, 2.24) is 9.80 Å². The molecule has 116 valence electrons. The van der Waals surface area contributed by atoms with Gasteiger partial charge >= 0.3 is 12.0 Å². The molecule has 1 unspecified atom stereocenters. The van der Waals surface area contributed by atoms with E-state index < -0.39 is 11.5 Å². The maximum absolute atomic E-state index is 12.7. The largest absolute Gasteiger partial charge is 0.480 e. The number of likely N-dealkylation sites (tertiary alicyclic amines) is 1. The van der Waals surface area contributed by atoms with Crippen LogP contribution in [0.1, 0.15) is 38.9 Å². The normalized spacial score (nSPS) is 22.1. The molecule has 0 radical (unpaired) electrons. The van der Waals surface area contributed by atoms with Crippen molar-refractivity contribution in [2.24, 2.45) is 0 Å². The SMILES string of the molecule is CCN(Cc1ccco1)C(=O)N1CCCCC1(C)C(=O)O.